The van der Waals surface area contributed by atoms with Gasteiger partial charge in [0.25, 0.3) is 0 Å². The molecule has 1 rings (SSSR count). The molecule has 0 aliphatic heterocycles. The molecule has 1 atom stereocenters. The van der Waals surface area contributed by atoms with Gasteiger partial charge in [-0.25, -0.2) is 9.59 Å². The summed E-state index contributed by atoms with van der Waals surface area (Å²) < 4.78 is 0. The molecule has 9 heteroatoms. The Hall–Kier alpha value is -2.32. The molecule has 0 aromatic heterocycles. The molecular formula is C10H16N4O5. The van der Waals surface area contributed by atoms with Gasteiger partial charge in [0, 0.05) is 6.04 Å². The van der Waals surface area contributed by atoms with Crippen LogP contribution in [0.1, 0.15) is 19.3 Å². The fourth-order valence-electron chi connectivity index (χ4n) is 1.28. The number of primary amides is 1. The number of hydrogen-bond acceptors (Lipinski definition) is 4. The number of rotatable bonds is 7. The second-order valence-corrected chi connectivity index (χ2v) is 4.23. The third-order valence-corrected chi connectivity index (χ3v) is 2.36. The second kappa shape index (κ2) is 6.57. The number of nitrogens with two attached hydrogens (primary N) is 1. The first-order valence-corrected chi connectivity index (χ1v) is 5.73. The Morgan fingerprint density at radius 3 is 2.37 bits per heavy atom. The van der Waals surface area contributed by atoms with Gasteiger partial charge in [0.2, 0.25) is 11.8 Å². The van der Waals surface area contributed by atoms with E-state index in [0.717, 1.165) is 12.8 Å². The Morgan fingerprint density at radius 2 is 1.89 bits per heavy atom. The molecule has 0 aromatic carbocycles. The van der Waals surface area contributed by atoms with Crippen LogP contribution in [0.3, 0.4) is 0 Å². The summed E-state index contributed by atoms with van der Waals surface area (Å²) in [5.74, 6) is -2.57. The van der Waals surface area contributed by atoms with Crippen LogP contribution >= 0.6 is 0 Å². The molecule has 0 spiro atoms. The lowest BCUT2D eigenvalue weighted by Gasteiger charge is -2.13. The van der Waals surface area contributed by atoms with E-state index in [1.165, 1.54) is 0 Å². The molecule has 0 heterocycles. The van der Waals surface area contributed by atoms with Crippen molar-refractivity contribution in [1.29, 1.82) is 0 Å². The van der Waals surface area contributed by atoms with Crippen molar-refractivity contribution >= 4 is 23.8 Å². The van der Waals surface area contributed by atoms with Gasteiger partial charge in [-0.15, -0.1) is 0 Å². The predicted octanol–water partition coefficient (Wildman–Crippen LogP) is -2.11. The molecule has 1 fully saturated rings. The summed E-state index contributed by atoms with van der Waals surface area (Å²) in [5, 5.41) is 15.6. The number of carboxylic acids is 1. The molecular weight excluding hydrogens is 256 g/mol. The molecule has 106 valence electrons. The lowest BCUT2D eigenvalue weighted by atomic mass is 10.2. The van der Waals surface area contributed by atoms with Crippen molar-refractivity contribution in [2.24, 2.45) is 5.73 Å². The monoisotopic (exact) mass is 272 g/mol. The summed E-state index contributed by atoms with van der Waals surface area (Å²) in [7, 11) is 0. The third-order valence-electron chi connectivity index (χ3n) is 2.36. The van der Waals surface area contributed by atoms with Gasteiger partial charge in [0.1, 0.15) is 6.04 Å². The van der Waals surface area contributed by atoms with E-state index in [-0.39, 0.29) is 18.5 Å². The highest BCUT2D eigenvalue weighted by atomic mass is 16.4. The van der Waals surface area contributed by atoms with Crippen molar-refractivity contribution in [2.75, 3.05) is 6.54 Å². The molecule has 1 saturated carbocycles. The van der Waals surface area contributed by atoms with Crippen LogP contribution in [-0.4, -0.2) is 47.5 Å². The van der Waals surface area contributed by atoms with Gasteiger partial charge >= 0.3 is 12.0 Å². The maximum atomic E-state index is 11.3. The zero-order valence-electron chi connectivity index (χ0n) is 10.1. The molecule has 9 nitrogen and oxygen atoms in total. The lowest BCUT2D eigenvalue weighted by molar-refractivity contribution is -0.140. The number of carbonyl (C=O) groups excluding carboxylic acids is 3. The van der Waals surface area contributed by atoms with Gasteiger partial charge in [-0.05, 0) is 12.8 Å². The number of carbonyl (C=O) groups is 4. The molecule has 6 N–H and O–H groups in total. The average molecular weight is 272 g/mol. The molecule has 19 heavy (non-hydrogen) atoms. The van der Waals surface area contributed by atoms with E-state index < -0.39 is 30.4 Å². The minimum absolute atomic E-state index is 0.180. The Bertz CT molecular complexity index is 393. The highest BCUT2D eigenvalue weighted by Crippen LogP contribution is 2.18. The maximum Gasteiger partial charge on any atom is 0.326 e. The van der Waals surface area contributed by atoms with E-state index in [9.17, 15) is 19.2 Å². The minimum Gasteiger partial charge on any atom is -0.480 e. The largest absolute Gasteiger partial charge is 0.480 e. The average Bonchev–Trinajstić information content (AvgIpc) is 3.08. The van der Waals surface area contributed by atoms with Crippen LogP contribution in [0, 0.1) is 0 Å². The summed E-state index contributed by atoms with van der Waals surface area (Å²) in [4.78, 5) is 43.9. The van der Waals surface area contributed by atoms with Gasteiger partial charge in [-0.1, -0.05) is 0 Å². The molecule has 0 saturated heterocycles. The van der Waals surface area contributed by atoms with Gasteiger partial charge in [-0.2, -0.15) is 0 Å². The topological polar surface area (TPSA) is 151 Å². The Morgan fingerprint density at radius 1 is 1.26 bits per heavy atom. The Kier molecular flexibility index (Phi) is 5.10. The summed E-state index contributed by atoms with van der Waals surface area (Å²) in [6.07, 6.45) is 1.34. The van der Waals surface area contributed by atoms with Gasteiger partial charge in [-0.3, -0.25) is 9.59 Å². The number of aliphatic carboxylic acids is 1. The fraction of sp³-hybridized carbons (Fsp3) is 0.600. The van der Waals surface area contributed by atoms with Crippen LogP contribution in [-0.2, 0) is 14.4 Å². The van der Waals surface area contributed by atoms with Crippen LogP contribution in [0.25, 0.3) is 0 Å². The SMILES string of the molecule is NC(=O)CC(NC(=O)NCC(=O)NC1CC1)C(=O)O. The number of nitrogens with one attached hydrogen (secondary N) is 3. The molecule has 0 radical (unpaired) electrons. The molecule has 4 amide bonds. The van der Waals surface area contributed by atoms with Gasteiger partial charge in [0.15, 0.2) is 0 Å². The second-order valence-electron chi connectivity index (χ2n) is 4.23. The molecule has 1 aliphatic rings. The predicted molar refractivity (Wildman–Crippen MR) is 62.9 cm³/mol. The van der Waals surface area contributed by atoms with Crippen molar-refractivity contribution in [3.63, 3.8) is 0 Å². The van der Waals surface area contributed by atoms with E-state index in [1.807, 2.05) is 5.32 Å². The standard InChI is InChI=1S/C10H16N4O5/c11-7(15)3-6(9(17)18)14-10(19)12-4-8(16)13-5-1-2-5/h5-6H,1-4H2,(H2,11,15)(H,13,16)(H,17,18)(H2,12,14,19). The first kappa shape index (κ1) is 14.7. The first-order chi connectivity index (χ1) is 8.88. The molecule has 1 unspecified atom stereocenters. The fourth-order valence-corrected chi connectivity index (χ4v) is 1.28. The number of hydrogen-bond donors (Lipinski definition) is 5. The summed E-state index contributed by atoms with van der Waals surface area (Å²) >= 11 is 0. The third kappa shape index (κ3) is 6.24. The quantitative estimate of drug-likeness (QED) is 0.359. The summed E-state index contributed by atoms with van der Waals surface area (Å²) in [6, 6.07) is -2.08. The smallest absolute Gasteiger partial charge is 0.326 e. The number of urea groups is 1. The van der Waals surface area contributed by atoms with E-state index >= 15 is 0 Å². The minimum atomic E-state index is -1.41. The zero-order valence-corrected chi connectivity index (χ0v) is 10.1. The normalized spacial score (nSPS) is 15.2. The van der Waals surface area contributed by atoms with Gasteiger partial charge in [0.05, 0.1) is 13.0 Å². The molecule has 0 bridgehead atoms. The highest BCUT2D eigenvalue weighted by Gasteiger charge is 2.24. The lowest BCUT2D eigenvalue weighted by Crippen LogP contribution is -2.49. The van der Waals surface area contributed by atoms with Crippen LogP contribution in [0.15, 0.2) is 0 Å². The molecule has 0 aromatic rings. The molecule has 1 aliphatic carbocycles. The van der Waals surface area contributed by atoms with E-state index in [4.69, 9.17) is 10.8 Å². The van der Waals surface area contributed by atoms with E-state index in [1.54, 1.807) is 0 Å². The zero-order chi connectivity index (χ0) is 14.4. The van der Waals surface area contributed by atoms with Crippen LogP contribution < -0.4 is 21.7 Å². The Balaban J connectivity index is 2.28. The van der Waals surface area contributed by atoms with Crippen molar-refractivity contribution in [1.82, 2.24) is 16.0 Å². The van der Waals surface area contributed by atoms with Crippen molar-refractivity contribution in [3.8, 4) is 0 Å². The highest BCUT2D eigenvalue weighted by molar-refractivity contribution is 5.89. The van der Waals surface area contributed by atoms with Crippen LogP contribution in [0.4, 0.5) is 4.79 Å². The number of carboxylic acid groups (broad SMARTS) is 1. The first-order valence-electron chi connectivity index (χ1n) is 5.73. The Labute approximate surface area is 108 Å². The van der Waals surface area contributed by atoms with Crippen molar-refractivity contribution in [3.05, 3.63) is 0 Å². The number of amides is 4. The summed E-state index contributed by atoms with van der Waals surface area (Å²) in [5.41, 5.74) is 4.85. The van der Waals surface area contributed by atoms with E-state index in [0.29, 0.717) is 0 Å². The van der Waals surface area contributed by atoms with Crippen molar-refractivity contribution < 1.29 is 24.3 Å². The maximum absolute atomic E-state index is 11.3. The summed E-state index contributed by atoms with van der Waals surface area (Å²) in [6.45, 7) is -0.259. The van der Waals surface area contributed by atoms with Crippen LogP contribution in [0.2, 0.25) is 0 Å². The van der Waals surface area contributed by atoms with E-state index in [2.05, 4.69) is 10.6 Å². The van der Waals surface area contributed by atoms with Crippen molar-refractivity contribution in [2.45, 2.75) is 31.3 Å². The van der Waals surface area contributed by atoms with Gasteiger partial charge < -0.3 is 26.8 Å². The van der Waals surface area contributed by atoms with Crippen LogP contribution in [0.5, 0.6) is 0 Å².